The van der Waals surface area contributed by atoms with Crippen molar-refractivity contribution in [1.82, 2.24) is 30.2 Å². The first-order valence-corrected chi connectivity index (χ1v) is 21.7. The molecule has 1 aromatic carbocycles. The Balaban J connectivity index is 1.24. The van der Waals surface area contributed by atoms with Crippen molar-refractivity contribution in [2.45, 2.75) is 126 Å². The van der Waals surface area contributed by atoms with E-state index in [1.165, 1.54) is 17.1 Å². The lowest BCUT2D eigenvalue weighted by molar-refractivity contribution is -0.143. The van der Waals surface area contributed by atoms with Gasteiger partial charge in [-0.15, -0.1) is 6.58 Å². The van der Waals surface area contributed by atoms with Gasteiger partial charge in [-0.1, -0.05) is 51.8 Å². The van der Waals surface area contributed by atoms with Gasteiger partial charge in [-0.3, -0.25) is 19.1 Å². The zero-order valence-electron chi connectivity index (χ0n) is 33.1. The van der Waals surface area contributed by atoms with Crippen LogP contribution in [0.1, 0.15) is 90.7 Å². The van der Waals surface area contributed by atoms with Crippen LogP contribution in [0.4, 0.5) is 4.79 Å². The number of nitrogens with one attached hydrogen (secondary N) is 3. The molecule has 5 aliphatic rings. The van der Waals surface area contributed by atoms with Gasteiger partial charge in [-0.25, -0.2) is 23.2 Å². The highest BCUT2D eigenvalue weighted by atomic mass is 32.2. The Hall–Kier alpha value is -4.73. The number of hydrogen-bond acceptors (Lipinski definition) is 11. The van der Waals surface area contributed by atoms with Crippen LogP contribution in [0.3, 0.4) is 0 Å². The molecule has 3 N–H and O–H groups in total. The van der Waals surface area contributed by atoms with Crippen LogP contribution in [-0.4, -0.2) is 95.8 Å². The number of alkyl carbamates (subject to hydrolysis) is 1. The lowest BCUT2D eigenvalue weighted by Gasteiger charge is -2.42. The standard InChI is InChI=1S/C41H54N6O9S/c1-6-25-19-20-41(25,38(50)46-57(52,53)28-16-17-28)45-35(48)32-22-27-23-47(32)37(49)34(40(2,3)4)44-39(51)56-33-14-10-12-24(33)11-8-7-9-13-30-36(55-27)43-31-21-26(54-5)15-18-29(31)42-30/h6,15,18-21,24-25,27-28,32-34H,1,7-14,16-17,22-23H2,2-5H3,(H,44,51)(H,45,48)(H,46,50). The van der Waals surface area contributed by atoms with E-state index in [1.54, 1.807) is 19.3 Å². The van der Waals surface area contributed by atoms with Crippen LogP contribution in [0.25, 0.3) is 11.0 Å². The van der Waals surface area contributed by atoms with Crippen molar-refractivity contribution in [1.29, 1.82) is 0 Å². The topological polar surface area (TPSA) is 195 Å². The van der Waals surface area contributed by atoms with E-state index in [1.807, 2.05) is 32.9 Å². The van der Waals surface area contributed by atoms with Crippen LogP contribution in [-0.2, 0) is 35.6 Å². The molecule has 1 aromatic heterocycles. The summed E-state index contributed by atoms with van der Waals surface area (Å²) >= 11 is 0. The number of ether oxygens (including phenoxy) is 3. The summed E-state index contributed by atoms with van der Waals surface area (Å²) < 4.78 is 45.9. The highest BCUT2D eigenvalue weighted by Crippen LogP contribution is 2.37. The van der Waals surface area contributed by atoms with Gasteiger partial charge in [0, 0.05) is 18.4 Å². The van der Waals surface area contributed by atoms with E-state index in [-0.39, 0.29) is 30.9 Å². The third-order valence-electron chi connectivity index (χ3n) is 12.0. The van der Waals surface area contributed by atoms with E-state index in [2.05, 4.69) is 21.9 Å². The Bertz CT molecular complexity index is 2060. The number of rotatable bonds is 7. The Kier molecular flexibility index (Phi) is 11.3. The number of aromatic nitrogens is 2. The molecule has 2 bridgehead atoms. The second kappa shape index (κ2) is 15.9. The van der Waals surface area contributed by atoms with Crippen molar-refractivity contribution in [3.05, 3.63) is 48.7 Å². The van der Waals surface area contributed by atoms with E-state index < -0.39 is 74.1 Å². The first-order valence-electron chi connectivity index (χ1n) is 20.1. The maximum Gasteiger partial charge on any atom is 0.408 e. The molecule has 0 spiro atoms. The average Bonchev–Trinajstić information content (AvgIpc) is 3.81. The number of carbonyl (C=O) groups is 4. The van der Waals surface area contributed by atoms with Gasteiger partial charge < -0.3 is 29.7 Å². The number of carbonyl (C=O) groups excluding carboxylic acids is 4. The van der Waals surface area contributed by atoms with E-state index in [0.717, 1.165) is 44.9 Å². The Labute approximate surface area is 333 Å². The van der Waals surface area contributed by atoms with Crippen LogP contribution in [0.2, 0.25) is 0 Å². The number of fused-ring (bicyclic) bond motifs is 5. The normalized spacial score (nSPS) is 29.6. The first-order chi connectivity index (χ1) is 27.1. The van der Waals surface area contributed by atoms with Crippen molar-refractivity contribution in [2.24, 2.45) is 17.3 Å². The summed E-state index contributed by atoms with van der Waals surface area (Å²) in [5.74, 6) is -1.77. The molecule has 2 aromatic rings. The fraction of sp³-hybridized carbons (Fsp3) is 0.610. The molecule has 57 heavy (non-hydrogen) atoms. The summed E-state index contributed by atoms with van der Waals surface area (Å²) in [5.41, 5.74) is -0.694. The maximum atomic E-state index is 14.8. The molecule has 0 radical (unpaired) electrons. The summed E-state index contributed by atoms with van der Waals surface area (Å²) in [5, 5.41) is 4.98. The molecule has 1 saturated heterocycles. The second-order valence-corrected chi connectivity index (χ2v) is 19.1. The van der Waals surface area contributed by atoms with Gasteiger partial charge in [0.25, 0.3) is 5.91 Å². The molecule has 2 aliphatic heterocycles. The fourth-order valence-corrected chi connectivity index (χ4v) is 9.83. The predicted molar refractivity (Wildman–Crippen MR) is 211 cm³/mol. The van der Waals surface area contributed by atoms with Gasteiger partial charge in [0.2, 0.25) is 27.7 Å². The van der Waals surface area contributed by atoms with E-state index in [0.29, 0.717) is 41.7 Å². The van der Waals surface area contributed by atoms with Gasteiger partial charge >= 0.3 is 6.09 Å². The van der Waals surface area contributed by atoms with Gasteiger partial charge in [-0.2, -0.15) is 0 Å². The molecule has 3 aliphatic carbocycles. The van der Waals surface area contributed by atoms with Crippen LogP contribution in [0.5, 0.6) is 11.6 Å². The largest absolute Gasteiger partial charge is 0.497 e. The molecule has 4 amide bonds. The van der Waals surface area contributed by atoms with Gasteiger partial charge in [-0.05, 0) is 74.8 Å². The summed E-state index contributed by atoms with van der Waals surface area (Å²) in [6.45, 7) is 9.20. The number of amides is 4. The van der Waals surface area contributed by atoms with E-state index in [4.69, 9.17) is 24.2 Å². The van der Waals surface area contributed by atoms with Crippen molar-refractivity contribution in [3.63, 3.8) is 0 Å². The SMILES string of the molecule is C=CC1C=CC1(NC(=O)C1CC2CN1C(=O)C(C(C)(C)C)NC(=O)OC1CCCC1CCCCCc1nc3ccc(OC)cc3nc1O2)C(=O)NS(=O)(=O)C1CC1. The Morgan fingerprint density at radius 2 is 1.81 bits per heavy atom. The predicted octanol–water partition coefficient (Wildman–Crippen LogP) is 4.25. The number of aryl methyl sites for hydroxylation is 1. The molecule has 308 valence electrons. The number of hydrogen-bond donors (Lipinski definition) is 3. The smallest absolute Gasteiger partial charge is 0.408 e. The van der Waals surface area contributed by atoms with Crippen LogP contribution in [0.15, 0.2) is 43.0 Å². The fourth-order valence-electron chi connectivity index (χ4n) is 8.47. The minimum Gasteiger partial charge on any atom is -0.497 e. The van der Waals surface area contributed by atoms with Crippen LogP contribution in [0, 0.1) is 17.3 Å². The molecular formula is C41H54N6O9S. The second-order valence-electron chi connectivity index (χ2n) is 17.1. The molecule has 3 fully saturated rings. The minimum absolute atomic E-state index is 0.000443. The molecule has 3 heterocycles. The van der Waals surface area contributed by atoms with Gasteiger partial charge in [0.1, 0.15) is 41.3 Å². The Morgan fingerprint density at radius 3 is 2.49 bits per heavy atom. The summed E-state index contributed by atoms with van der Waals surface area (Å²) in [6.07, 6.45) is 10.5. The van der Waals surface area contributed by atoms with Gasteiger partial charge in [0.05, 0.1) is 29.9 Å². The van der Waals surface area contributed by atoms with Crippen molar-refractivity contribution in [2.75, 3.05) is 13.7 Å². The molecule has 2 saturated carbocycles. The van der Waals surface area contributed by atoms with E-state index >= 15 is 0 Å². The molecule has 15 nitrogen and oxygen atoms in total. The zero-order chi connectivity index (χ0) is 40.7. The van der Waals surface area contributed by atoms with Crippen molar-refractivity contribution >= 4 is 44.9 Å². The van der Waals surface area contributed by atoms with Crippen LogP contribution >= 0.6 is 0 Å². The number of nitrogens with zero attached hydrogens (tertiary/aromatic N) is 3. The van der Waals surface area contributed by atoms with Crippen LogP contribution < -0.4 is 24.8 Å². The van der Waals surface area contributed by atoms with Crippen molar-refractivity contribution < 1.29 is 41.8 Å². The van der Waals surface area contributed by atoms with Gasteiger partial charge in [0.15, 0.2) is 0 Å². The molecule has 7 atom stereocenters. The number of benzene rings is 1. The van der Waals surface area contributed by atoms with Crippen molar-refractivity contribution in [3.8, 4) is 11.6 Å². The summed E-state index contributed by atoms with van der Waals surface area (Å²) in [4.78, 5) is 67.8. The highest BCUT2D eigenvalue weighted by Gasteiger charge is 2.53. The Morgan fingerprint density at radius 1 is 1.04 bits per heavy atom. The zero-order valence-corrected chi connectivity index (χ0v) is 33.9. The van der Waals surface area contributed by atoms with E-state index in [9.17, 15) is 27.6 Å². The summed E-state index contributed by atoms with van der Waals surface area (Å²) in [7, 11) is -2.39. The third kappa shape index (κ3) is 8.46. The molecule has 16 heteroatoms. The number of methoxy groups -OCH3 is 1. The lowest BCUT2D eigenvalue weighted by Crippen LogP contribution is -2.67. The first kappa shape index (κ1) is 40.5. The quantitative estimate of drug-likeness (QED) is 0.339. The molecule has 7 unspecified atom stereocenters. The number of sulfonamides is 1. The molecule has 7 rings (SSSR count). The third-order valence-corrected chi connectivity index (χ3v) is 13.8. The molecular weight excluding hydrogens is 753 g/mol. The summed E-state index contributed by atoms with van der Waals surface area (Å²) in [6, 6.07) is 3.14. The maximum absolute atomic E-state index is 14.8. The minimum atomic E-state index is -3.95. The average molecular weight is 807 g/mol. The highest BCUT2D eigenvalue weighted by molar-refractivity contribution is 7.91. The lowest BCUT2D eigenvalue weighted by atomic mass is 9.73. The monoisotopic (exact) mass is 806 g/mol.